The van der Waals surface area contributed by atoms with Crippen molar-refractivity contribution in [2.45, 2.75) is 39.8 Å². The summed E-state index contributed by atoms with van der Waals surface area (Å²) in [5, 5.41) is 32.2. The van der Waals surface area contributed by atoms with Crippen LogP contribution in [0.3, 0.4) is 0 Å². The number of imide groups is 1. The van der Waals surface area contributed by atoms with Crippen LogP contribution in [0.1, 0.15) is 38.4 Å². The molecule has 3 rings (SSSR count). The third-order valence-electron chi connectivity index (χ3n) is 4.93. The number of nitrogens with zero attached hydrogens (tertiary/aromatic N) is 5. The smallest absolute Gasteiger partial charge is 0.330 e. The number of benzene rings is 2. The summed E-state index contributed by atoms with van der Waals surface area (Å²) in [6.45, 7) is 5.49. The number of nitrogens with one attached hydrogen (secondary N) is 2. The van der Waals surface area contributed by atoms with Gasteiger partial charge in [0.1, 0.15) is 17.6 Å². The summed E-state index contributed by atoms with van der Waals surface area (Å²) in [4.78, 5) is 49.3. The Bertz CT molecular complexity index is 1340. The van der Waals surface area contributed by atoms with E-state index in [0.717, 1.165) is 11.2 Å². The van der Waals surface area contributed by atoms with Crippen molar-refractivity contribution < 1.29 is 29.3 Å². The summed E-state index contributed by atoms with van der Waals surface area (Å²) in [7, 11) is 0. The molecule has 0 aliphatic rings. The molecule has 1 heterocycles. The number of ether oxygens (including phenoxy) is 1. The lowest BCUT2D eigenvalue weighted by Crippen LogP contribution is -2.52. The average Bonchev–Trinajstić information content (AvgIpc) is 2.95. The van der Waals surface area contributed by atoms with E-state index in [-0.39, 0.29) is 23.9 Å². The van der Waals surface area contributed by atoms with E-state index < -0.39 is 30.5 Å². The minimum atomic E-state index is -1.18. The highest BCUT2D eigenvalue weighted by molar-refractivity contribution is 5.98. The predicted octanol–water partition coefficient (Wildman–Crippen LogP) is 4.32. The van der Waals surface area contributed by atoms with Gasteiger partial charge in [0.25, 0.3) is 0 Å². The first-order valence-corrected chi connectivity index (χ1v) is 12.1. The van der Waals surface area contributed by atoms with Crippen molar-refractivity contribution in [1.29, 1.82) is 5.26 Å². The van der Waals surface area contributed by atoms with Gasteiger partial charge in [-0.15, -0.1) is 0 Å². The molecule has 13 nitrogen and oxygen atoms in total. The van der Waals surface area contributed by atoms with E-state index in [0.29, 0.717) is 17.0 Å². The first-order valence-electron chi connectivity index (χ1n) is 12.1. The Morgan fingerprint density at radius 1 is 1.07 bits per heavy atom. The van der Waals surface area contributed by atoms with Crippen molar-refractivity contribution in [2.75, 3.05) is 0 Å². The van der Waals surface area contributed by atoms with Crippen molar-refractivity contribution in [3.63, 3.8) is 0 Å². The molecule has 0 unspecified atom stereocenters. The molecule has 0 radical (unpaired) electrons. The number of aromatic nitrogens is 2. The zero-order valence-electron chi connectivity index (χ0n) is 22.1. The summed E-state index contributed by atoms with van der Waals surface area (Å²) in [5.41, 5.74) is 1.28. The van der Waals surface area contributed by atoms with E-state index >= 15 is 0 Å². The van der Waals surface area contributed by atoms with Gasteiger partial charge < -0.3 is 20.3 Å². The van der Waals surface area contributed by atoms with Crippen molar-refractivity contribution >= 4 is 30.1 Å². The van der Waals surface area contributed by atoms with Crippen LogP contribution >= 0.6 is 0 Å². The fourth-order valence-electron chi connectivity index (χ4n) is 3.09. The highest BCUT2D eigenvalue weighted by Crippen LogP contribution is 2.22. The molecule has 3 aromatic rings. The van der Waals surface area contributed by atoms with Crippen LogP contribution in [0.4, 0.5) is 15.3 Å². The maximum atomic E-state index is 12.7. The quantitative estimate of drug-likeness (QED) is 0.223. The van der Waals surface area contributed by atoms with Crippen LogP contribution in [-0.4, -0.2) is 55.5 Å². The zero-order chi connectivity index (χ0) is 29.5. The second-order valence-electron chi connectivity index (χ2n) is 7.80. The van der Waals surface area contributed by atoms with Crippen molar-refractivity contribution in [1.82, 2.24) is 25.5 Å². The lowest BCUT2D eigenvalue weighted by Gasteiger charge is -2.26. The van der Waals surface area contributed by atoms with E-state index in [1.807, 2.05) is 19.9 Å². The van der Waals surface area contributed by atoms with Gasteiger partial charge in [0, 0.05) is 6.54 Å². The molecule has 0 aliphatic carbocycles. The fourth-order valence-corrected chi connectivity index (χ4v) is 3.09. The number of amides is 4. The Morgan fingerprint density at radius 2 is 1.75 bits per heavy atom. The molecule has 4 N–H and O–H groups in total. The van der Waals surface area contributed by atoms with Gasteiger partial charge in [-0.25, -0.2) is 29.4 Å². The molecule has 0 aliphatic heterocycles. The van der Waals surface area contributed by atoms with Gasteiger partial charge in [-0.2, -0.15) is 5.26 Å². The van der Waals surface area contributed by atoms with Gasteiger partial charge in [0.2, 0.25) is 5.88 Å². The largest absolute Gasteiger partial charge is 0.508 e. The number of aliphatic imine (C=N–C) groups is 1. The third kappa shape index (κ3) is 9.75. The van der Waals surface area contributed by atoms with E-state index in [1.54, 1.807) is 36.4 Å². The highest BCUT2D eigenvalue weighted by atomic mass is 16.5. The molecular weight excluding hydrogens is 518 g/mol. The second kappa shape index (κ2) is 15.7. The highest BCUT2D eigenvalue weighted by Gasteiger charge is 2.28. The van der Waals surface area contributed by atoms with Crippen LogP contribution in [-0.2, 0) is 11.3 Å². The second-order valence-corrected chi connectivity index (χ2v) is 7.80. The van der Waals surface area contributed by atoms with Gasteiger partial charge >= 0.3 is 18.0 Å². The number of carboxylic acid groups (broad SMARTS) is 1. The number of aliphatic carboxylic acids is 1. The molecular formula is C27H29N7O6. The summed E-state index contributed by atoms with van der Waals surface area (Å²) in [5.74, 6) is -0.472. The van der Waals surface area contributed by atoms with Crippen LogP contribution in [0.25, 0.3) is 0 Å². The Morgan fingerprint density at radius 3 is 2.33 bits per heavy atom. The lowest BCUT2D eigenvalue weighted by atomic mass is 10.2. The molecule has 208 valence electrons. The van der Waals surface area contributed by atoms with E-state index in [2.05, 4.69) is 25.6 Å². The van der Waals surface area contributed by atoms with Crippen LogP contribution in [0.15, 0.2) is 65.9 Å². The number of carbonyl (C=O) groups excluding carboxylic acids is 2. The third-order valence-corrected chi connectivity index (χ3v) is 4.93. The van der Waals surface area contributed by atoms with Crippen LogP contribution in [0.5, 0.6) is 17.4 Å². The maximum Gasteiger partial charge on any atom is 0.330 e. The molecule has 1 aromatic heterocycles. The van der Waals surface area contributed by atoms with Crippen LogP contribution in [0.2, 0.25) is 0 Å². The minimum Gasteiger partial charge on any atom is -0.508 e. The number of phenolic OH excluding ortho intramolecular Hbond substituents is 1. The fraction of sp³-hybridized carbons (Fsp3) is 0.222. The van der Waals surface area contributed by atoms with Crippen molar-refractivity contribution in [2.24, 2.45) is 4.99 Å². The van der Waals surface area contributed by atoms with E-state index in [1.165, 1.54) is 31.5 Å². The van der Waals surface area contributed by atoms with E-state index in [4.69, 9.17) is 15.1 Å². The average molecular weight is 548 g/mol. The zero-order valence-corrected chi connectivity index (χ0v) is 22.1. The van der Waals surface area contributed by atoms with E-state index in [9.17, 15) is 19.5 Å². The number of rotatable bonds is 9. The molecule has 40 heavy (non-hydrogen) atoms. The SMILES string of the molecule is CC.C[C@@H](CC(=O)O)N(C(=O)NC=Nc1ccc(Oc2cnc(C#N)cn2)cc1)C(=O)NCc1ccc(O)cc1. The molecule has 0 fully saturated rings. The Kier molecular flexibility index (Phi) is 12.0. The molecule has 0 bridgehead atoms. The molecule has 2 aromatic carbocycles. The van der Waals surface area contributed by atoms with Gasteiger partial charge in [0.15, 0.2) is 5.69 Å². The summed E-state index contributed by atoms with van der Waals surface area (Å²) < 4.78 is 5.54. The molecule has 1 atom stereocenters. The molecule has 4 amide bonds. The first kappa shape index (κ1) is 30.7. The Balaban J connectivity index is 0.00000274. The van der Waals surface area contributed by atoms with Crippen LogP contribution < -0.4 is 15.4 Å². The van der Waals surface area contributed by atoms with Gasteiger partial charge in [0.05, 0.1) is 36.9 Å². The summed E-state index contributed by atoms with van der Waals surface area (Å²) >= 11 is 0. The molecule has 0 spiro atoms. The van der Waals surface area contributed by atoms with Crippen LogP contribution in [0, 0.1) is 11.3 Å². The minimum absolute atomic E-state index is 0.0548. The monoisotopic (exact) mass is 547 g/mol. The normalized spacial score (nSPS) is 10.8. The summed E-state index contributed by atoms with van der Waals surface area (Å²) in [6, 6.07) is 11.7. The van der Waals surface area contributed by atoms with Gasteiger partial charge in [-0.1, -0.05) is 26.0 Å². The number of carbonyl (C=O) groups is 3. The molecule has 13 heteroatoms. The van der Waals surface area contributed by atoms with Gasteiger partial charge in [-0.3, -0.25) is 10.1 Å². The van der Waals surface area contributed by atoms with Crippen molar-refractivity contribution in [3.05, 3.63) is 72.2 Å². The lowest BCUT2D eigenvalue weighted by molar-refractivity contribution is -0.137. The van der Waals surface area contributed by atoms with Gasteiger partial charge in [-0.05, 0) is 48.9 Å². The number of nitriles is 1. The number of aromatic hydroxyl groups is 1. The first-order chi connectivity index (χ1) is 19.2. The summed E-state index contributed by atoms with van der Waals surface area (Å²) in [6.07, 6.45) is 3.23. The maximum absolute atomic E-state index is 12.7. The Hall–Kier alpha value is -5.51. The number of phenols is 1. The predicted molar refractivity (Wildman–Crippen MR) is 145 cm³/mol. The van der Waals surface area contributed by atoms with Crippen molar-refractivity contribution in [3.8, 4) is 23.4 Å². The number of hydrogen-bond acceptors (Lipinski definition) is 9. The molecule has 0 saturated heterocycles. The topological polar surface area (TPSA) is 190 Å². The number of carboxylic acids is 1. The Labute approximate surface area is 230 Å². The molecule has 0 saturated carbocycles. The number of urea groups is 2. The standard InChI is InChI=1S/C25H23N7O6.C2H6/c1-16(10-23(34)35)32(24(36)29-12-17-2-6-20(33)7-3-17)25(37)31-15-30-18-4-8-21(9-5-18)38-22-14-27-19(11-26)13-28-22;1-2/h2-9,13-16,33H,10,12H2,1H3,(H,29,36)(H,34,35)(H,30,31,37);1-2H3/t16-;/m0./s1. The number of hydrogen-bond donors (Lipinski definition) is 4.